The second-order valence-electron chi connectivity index (χ2n) is 8.41. The van der Waals surface area contributed by atoms with Gasteiger partial charge in [0.2, 0.25) is 0 Å². The van der Waals surface area contributed by atoms with Crippen molar-refractivity contribution in [1.82, 2.24) is 15.4 Å². The van der Waals surface area contributed by atoms with Crippen LogP contribution in [0.1, 0.15) is 62.5 Å². The van der Waals surface area contributed by atoms with E-state index >= 15 is 0 Å². The highest BCUT2D eigenvalue weighted by atomic mass is 35.5. The van der Waals surface area contributed by atoms with Crippen molar-refractivity contribution in [2.45, 2.75) is 57.6 Å². The Balaban J connectivity index is 0.00000193. The minimum Gasteiger partial charge on any atom is -0.491 e. The molecular weight excluding hydrogens is 479 g/mol. The molecular formula is C25H31Cl3N4O. The Morgan fingerprint density at radius 1 is 1.00 bits per heavy atom. The number of nitrogens with two attached hydrogens (primary N) is 1. The zero-order chi connectivity index (χ0) is 21.8. The summed E-state index contributed by atoms with van der Waals surface area (Å²) < 4.78 is 5.94. The molecule has 1 aliphatic carbocycles. The smallest absolute Gasteiger partial charge is 0.152 e. The van der Waals surface area contributed by atoms with E-state index in [-0.39, 0.29) is 30.9 Å². The predicted octanol–water partition coefficient (Wildman–Crippen LogP) is 6.57. The summed E-state index contributed by atoms with van der Waals surface area (Å²) in [5.41, 5.74) is 6.03. The lowest BCUT2D eigenvalue weighted by molar-refractivity contribution is 0.242. The number of benzene rings is 2. The van der Waals surface area contributed by atoms with Gasteiger partial charge in [-0.2, -0.15) is 0 Å². The van der Waals surface area contributed by atoms with Crippen LogP contribution in [-0.4, -0.2) is 22.1 Å². The number of nitrogens with zero attached hydrogens (tertiary/aromatic N) is 2. The van der Waals surface area contributed by atoms with Gasteiger partial charge in [-0.3, -0.25) is 11.3 Å². The first-order valence-corrected chi connectivity index (χ1v) is 11.3. The van der Waals surface area contributed by atoms with E-state index in [0.29, 0.717) is 17.8 Å². The lowest BCUT2D eigenvalue weighted by Gasteiger charge is -2.28. The van der Waals surface area contributed by atoms with Gasteiger partial charge in [0.15, 0.2) is 5.82 Å². The van der Waals surface area contributed by atoms with E-state index in [4.69, 9.17) is 32.1 Å². The van der Waals surface area contributed by atoms with Crippen LogP contribution in [0.5, 0.6) is 5.75 Å². The van der Waals surface area contributed by atoms with Crippen LogP contribution in [0.15, 0.2) is 42.5 Å². The molecule has 0 aliphatic heterocycles. The molecule has 1 aromatic heterocycles. The van der Waals surface area contributed by atoms with Gasteiger partial charge in [0.25, 0.3) is 0 Å². The molecule has 5 nitrogen and oxygen atoms in total. The monoisotopic (exact) mass is 508 g/mol. The molecule has 178 valence electrons. The van der Waals surface area contributed by atoms with Crippen molar-refractivity contribution in [2.75, 3.05) is 0 Å². The van der Waals surface area contributed by atoms with E-state index in [0.717, 1.165) is 58.6 Å². The van der Waals surface area contributed by atoms with Crippen LogP contribution < -0.4 is 16.0 Å². The third-order valence-electron chi connectivity index (χ3n) is 5.73. The average Bonchev–Trinajstić information content (AvgIpc) is 2.78. The summed E-state index contributed by atoms with van der Waals surface area (Å²) >= 11 is 5.99. The Hall–Kier alpha value is -1.89. The Morgan fingerprint density at radius 3 is 2.33 bits per heavy atom. The standard InChI is InChI=1S/C25H29ClN4O.2ClH/c1-16(2)31-21-12-13-23-22(15-21)25(18-6-10-20(30-27)11-7-18)29-24(28-23)14-5-17-3-8-19(26)9-4-17;;/h3-5,8-9,12-16,18,20,30H,6-7,10-11,27H2,1-2H3;2*1H. The third-order valence-corrected chi connectivity index (χ3v) is 5.98. The molecule has 0 saturated heterocycles. The molecule has 1 saturated carbocycles. The third kappa shape index (κ3) is 7.05. The maximum atomic E-state index is 5.99. The van der Waals surface area contributed by atoms with Gasteiger partial charge < -0.3 is 4.74 Å². The minimum absolute atomic E-state index is 0. The van der Waals surface area contributed by atoms with E-state index in [1.54, 1.807) is 0 Å². The molecule has 8 heteroatoms. The van der Waals surface area contributed by atoms with Crippen LogP contribution in [0, 0.1) is 0 Å². The maximum Gasteiger partial charge on any atom is 0.152 e. The van der Waals surface area contributed by atoms with Crippen molar-refractivity contribution in [3.8, 4) is 5.75 Å². The Morgan fingerprint density at radius 2 is 1.70 bits per heavy atom. The van der Waals surface area contributed by atoms with Gasteiger partial charge in [0, 0.05) is 22.4 Å². The summed E-state index contributed by atoms with van der Waals surface area (Å²) in [5, 5.41) is 1.80. The van der Waals surface area contributed by atoms with Crippen molar-refractivity contribution in [3.05, 3.63) is 64.6 Å². The van der Waals surface area contributed by atoms with Crippen molar-refractivity contribution >= 4 is 59.5 Å². The fourth-order valence-electron chi connectivity index (χ4n) is 4.16. The molecule has 3 N–H and O–H groups in total. The zero-order valence-electron chi connectivity index (χ0n) is 18.8. The Bertz CT molecular complexity index is 1070. The van der Waals surface area contributed by atoms with E-state index in [1.165, 1.54) is 0 Å². The molecule has 4 rings (SSSR count). The number of hydrogen-bond donors (Lipinski definition) is 2. The van der Waals surface area contributed by atoms with Crippen molar-refractivity contribution in [3.63, 3.8) is 0 Å². The second kappa shape index (κ2) is 12.5. The van der Waals surface area contributed by atoms with Crippen molar-refractivity contribution in [2.24, 2.45) is 5.84 Å². The Labute approximate surface area is 213 Å². The molecule has 0 radical (unpaired) electrons. The first-order valence-electron chi connectivity index (χ1n) is 10.9. The van der Waals surface area contributed by atoms with Crippen LogP contribution >= 0.6 is 36.4 Å². The van der Waals surface area contributed by atoms with Crippen LogP contribution in [0.3, 0.4) is 0 Å². The molecule has 0 bridgehead atoms. The SMILES string of the molecule is CC(C)Oc1ccc2nc(C=Cc3ccc(Cl)cc3)nc(C3CCC(NN)CC3)c2c1.Cl.Cl. The van der Waals surface area contributed by atoms with Gasteiger partial charge in [0.1, 0.15) is 5.75 Å². The predicted molar refractivity (Wildman–Crippen MR) is 142 cm³/mol. The lowest BCUT2D eigenvalue weighted by Crippen LogP contribution is -2.37. The number of aromatic nitrogens is 2. The molecule has 1 fully saturated rings. The summed E-state index contributed by atoms with van der Waals surface area (Å²) in [5.74, 6) is 7.62. The molecule has 2 aromatic carbocycles. The summed E-state index contributed by atoms with van der Waals surface area (Å²) in [6, 6.07) is 14.2. The summed E-state index contributed by atoms with van der Waals surface area (Å²) in [6.07, 6.45) is 8.31. The van der Waals surface area contributed by atoms with Gasteiger partial charge in [-0.1, -0.05) is 29.8 Å². The van der Waals surface area contributed by atoms with E-state index in [2.05, 4.69) is 11.5 Å². The highest BCUT2D eigenvalue weighted by molar-refractivity contribution is 6.30. The van der Waals surface area contributed by atoms with Crippen LogP contribution in [0.4, 0.5) is 0 Å². The van der Waals surface area contributed by atoms with Crippen molar-refractivity contribution < 1.29 is 4.74 Å². The number of halogens is 3. The number of rotatable bonds is 6. The summed E-state index contributed by atoms with van der Waals surface area (Å²) in [6.45, 7) is 4.07. The molecule has 1 heterocycles. The highest BCUT2D eigenvalue weighted by Crippen LogP contribution is 2.36. The highest BCUT2D eigenvalue weighted by Gasteiger charge is 2.25. The number of fused-ring (bicyclic) bond motifs is 1. The zero-order valence-corrected chi connectivity index (χ0v) is 21.2. The molecule has 1 aliphatic rings. The van der Waals surface area contributed by atoms with Crippen LogP contribution in [0.2, 0.25) is 5.02 Å². The molecule has 0 unspecified atom stereocenters. The maximum absolute atomic E-state index is 5.99. The molecule has 0 amide bonds. The van der Waals surface area contributed by atoms with Crippen LogP contribution in [-0.2, 0) is 0 Å². The first-order chi connectivity index (χ1) is 15.0. The fourth-order valence-corrected chi connectivity index (χ4v) is 4.29. The average molecular weight is 510 g/mol. The number of ether oxygens (including phenoxy) is 1. The topological polar surface area (TPSA) is 73.1 Å². The second-order valence-corrected chi connectivity index (χ2v) is 8.85. The molecule has 33 heavy (non-hydrogen) atoms. The van der Waals surface area contributed by atoms with Gasteiger partial charge in [0.05, 0.1) is 17.3 Å². The van der Waals surface area contributed by atoms with Gasteiger partial charge in [-0.05, 0) is 81.5 Å². The molecule has 0 atom stereocenters. The van der Waals surface area contributed by atoms with Gasteiger partial charge >= 0.3 is 0 Å². The van der Waals surface area contributed by atoms with Gasteiger partial charge in [-0.15, -0.1) is 24.8 Å². The fraction of sp³-hybridized carbons (Fsp3) is 0.360. The number of hydrogen-bond acceptors (Lipinski definition) is 5. The van der Waals surface area contributed by atoms with Gasteiger partial charge in [-0.25, -0.2) is 9.97 Å². The molecule has 0 spiro atoms. The van der Waals surface area contributed by atoms with Crippen molar-refractivity contribution in [1.29, 1.82) is 0 Å². The van der Waals surface area contributed by atoms with Crippen LogP contribution in [0.25, 0.3) is 23.1 Å². The van der Waals surface area contributed by atoms with E-state index in [1.807, 2.05) is 62.4 Å². The Kier molecular flexibility index (Phi) is 10.4. The molecule has 3 aromatic rings. The number of hydrazine groups is 1. The lowest BCUT2D eigenvalue weighted by atomic mass is 9.83. The number of nitrogens with one attached hydrogen (secondary N) is 1. The normalized spacial score (nSPS) is 18.2. The van der Waals surface area contributed by atoms with E-state index < -0.39 is 0 Å². The summed E-state index contributed by atoms with van der Waals surface area (Å²) in [4.78, 5) is 9.80. The summed E-state index contributed by atoms with van der Waals surface area (Å²) in [7, 11) is 0. The minimum atomic E-state index is 0. The van der Waals surface area contributed by atoms with E-state index in [9.17, 15) is 0 Å². The largest absolute Gasteiger partial charge is 0.491 e. The first kappa shape index (κ1) is 27.4. The quantitative estimate of drug-likeness (QED) is 0.290.